The van der Waals surface area contributed by atoms with Crippen LogP contribution in [0.4, 0.5) is 8.78 Å². The van der Waals surface area contributed by atoms with Crippen molar-refractivity contribution < 1.29 is 43.2 Å². The van der Waals surface area contributed by atoms with E-state index in [-0.39, 0.29) is 24.7 Å². The number of aromatic nitrogens is 1. The third kappa shape index (κ3) is 8.57. The molecule has 0 aliphatic heterocycles. The van der Waals surface area contributed by atoms with E-state index in [4.69, 9.17) is 9.84 Å². The third-order valence-electron chi connectivity index (χ3n) is 7.47. The lowest BCUT2D eigenvalue weighted by atomic mass is 9.94. The number of nitrogens with one attached hydrogen (secondary N) is 1. The summed E-state index contributed by atoms with van der Waals surface area (Å²) in [5.74, 6) is -3.13. The van der Waals surface area contributed by atoms with E-state index in [0.29, 0.717) is 39.1 Å². The smallest absolute Gasteiger partial charge is 0.337 e. The van der Waals surface area contributed by atoms with Crippen molar-refractivity contribution >= 4 is 23.9 Å². The van der Waals surface area contributed by atoms with E-state index in [9.17, 15) is 33.4 Å². The highest BCUT2D eigenvalue weighted by Crippen LogP contribution is 2.42. The van der Waals surface area contributed by atoms with E-state index >= 15 is 0 Å². The number of methoxy groups -OCH3 is 1. The van der Waals surface area contributed by atoms with Crippen LogP contribution in [0.5, 0.6) is 0 Å². The number of aliphatic hydroxyl groups excluding tert-OH is 2. The van der Waals surface area contributed by atoms with Crippen LogP contribution in [0.3, 0.4) is 0 Å². The van der Waals surface area contributed by atoms with E-state index < -0.39 is 48.1 Å². The zero-order valence-corrected chi connectivity index (χ0v) is 26.1. The second-order valence-corrected chi connectivity index (χ2v) is 11.2. The van der Waals surface area contributed by atoms with Crippen LogP contribution in [0.25, 0.3) is 28.3 Å². The van der Waals surface area contributed by atoms with E-state index in [0.717, 1.165) is 0 Å². The Morgan fingerprint density at radius 2 is 1.43 bits per heavy atom. The fraction of sp³-hybridized carbons (Fsp3) is 0.250. The standard InChI is InChI=1S/C36H36F2N2O7/c1-21(2)40-30(17-16-28(41)18-29(42)19-31(43)44)32(23-8-12-26(37)13-9-23)33(24-10-14-27(38)15-11-24)34(40)35(45)39-20-22-4-6-25(7-5-22)36(46)47-3/h4-17,21,28-29,41-42H,18-20H2,1-3H3,(H,39,45)(H,43,44)/t28-,29-/m1/s1. The number of carboxylic acid groups (broad SMARTS) is 1. The van der Waals surface area contributed by atoms with Crippen LogP contribution < -0.4 is 5.32 Å². The Morgan fingerprint density at radius 1 is 0.872 bits per heavy atom. The summed E-state index contributed by atoms with van der Waals surface area (Å²) in [6, 6.07) is 17.5. The monoisotopic (exact) mass is 646 g/mol. The molecule has 0 fully saturated rings. The molecule has 4 aromatic rings. The quantitative estimate of drug-likeness (QED) is 0.131. The summed E-state index contributed by atoms with van der Waals surface area (Å²) in [6.07, 6.45) is -0.348. The number of ether oxygens (including phenoxy) is 1. The average molecular weight is 647 g/mol. The lowest BCUT2D eigenvalue weighted by molar-refractivity contribution is -0.139. The number of hydrogen-bond donors (Lipinski definition) is 4. The lowest BCUT2D eigenvalue weighted by Crippen LogP contribution is -2.27. The predicted octanol–water partition coefficient (Wildman–Crippen LogP) is 6.00. The van der Waals surface area contributed by atoms with Crippen molar-refractivity contribution in [3.8, 4) is 22.3 Å². The van der Waals surface area contributed by atoms with Gasteiger partial charge in [0.15, 0.2) is 0 Å². The van der Waals surface area contributed by atoms with Crippen LogP contribution in [0, 0.1) is 11.6 Å². The van der Waals surface area contributed by atoms with Gasteiger partial charge >= 0.3 is 11.9 Å². The number of halogens is 2. The SMILES string of the molecule is COC(=O)c1ccc(CNC(=O)c2c(-c3ccc(F)cc3)c(-c3ccc(F)cc3)c(C=C[C@@H](O)C[C@@H](O)CC(=O)O)n2C(C)C)cc1. The molecule has 2 atom stereocenters. The highest BCUT2D eigenvalue weighted by molar-refractivity contribution is 6.06. The van der Waals surface area contributed by atoms with Crippen molar-refractivity contribution in [2.45, 2.75) is 51.5 Å². The number of aliphatic carboxylic acids is 1. The number of esters is 1. The van der Waals surface area contributed by atoms with Crippen molar-refractivity contribution in [1.82, 2.24) is 9.88 Å². The van der Waals surface area contributed by atoms with Crippen molar-refractivity contribution in [3.63, 3.8) is 0 Å². The maximum Gasteiger partial charge on any atom is 0.337 e. The molecule has 0 saturated carbocycles. The zero-order valence-electron chi connectivity index (χ0n) is 26.1. The molecule has 246 valence electrons. The third-order valence-corrected chi connectivity index (χ3v) is 7.47. The topological polar surface area (TPSA) is 138 Å². The maximum atomic E-state index is 14.2. The predicted molar refractivity (Wildman–Crippen MR) is 172 cm³/mol. The first-order valence-electron chi connectivity index (χ1n) is 14.9. The summed E-state index contributed by atoms with van der Waals surface area (Å²) < 4.78 is 34.7. The van der Waals surface area contributed by atoms with Crippen molar-refractivity contribution in [2.24, 2.45) is 0 Å². The van der Waals surface area contributed by atoms with Gasteiger partial charge in [0.1, 0.15) is 17.3 Å². The van der Waals surface area contributed by atoms with Gasteiger partial charge in [-0.3, -0.25) is 9.59 Å². The van der Waals surface area contributed by atoms with Crippen LogP contribution >= 0.6 is 0 Å². The molecule has 1 heterocycles. The summed E-state index contributed by atoms with van der Waals surface area (Å²) in [4.78, 5) is 37.0. The Hall–Kier alpha value is -5.13. The fourth-order valence-corrected chi connectivity index (χ4v) is 5.32. The Kier molecular flexibility index (Phi) is 11.4. The maximum absolute atomic E-state index is 14.2. The second kappa shape index (κ2) is 15.4. The molecule has 0 radical (unpaired) electrons. The van der Waals surface area contributed by atoms with Crippen LogP contribution in [-0.2, 0) is 16.1 Å². The highest BCUT2D eigenvalue weighted by Gasteiger charge is 2.29. The van der Waals surface area contributed by atoms with Gasteiger partial charge < -0.3 is 29.9 Å². The molecule has 1 amide bonds. The van der Waals surface area contributed by atoms with Crippen LogP contribution in [0.2, 0.25) is 0 Å². The molecule has 0 aliphatic carbocycles. The van der Waals surface area contributed by atoms with Gasteiger partial charge in [-0.15, -0.1) is 0 Å². The minimum Gasteiger partial charge on any atom is -0.481 e. The summed E-state index contributed by atoms with van der Waals surface area (Å²) in [7, 11) is 1.28. The van der Waals surface area contributed by atoms with Gasteiger partial charge in [0, 0.05) is 35.8 Å². The Balaban J connectivity index is 1.88. The van der Waals surface area contributed by atoms with Gasteiger partial charge in [-0.25, -0.2) is 13.6 Å². The number of rotatable bonds is 13. The zero-order chi connectivity index (χ0) is 34.2. The van der Waals surface area contributed by atoms with Crippen molar-refractivity contribution in [2.75, 3.05) is 7.11 Å². The lowest BCUT2D eigenvalue weighted by Gasteiger charge is -2.17. The van der Waals surface area contributed by atoms with E-state index in [1.807, 2.05) is 13.8 Å². The summed E-state index contributed by atoms with van der Waals surface area (Å²) in [6.45, 7) is 3.81. The molecule has 4 rings (SSSR count). The fourth-order valence-electron chi connectivity index (χ4n) is 5.32. The van der Waals surface area contributed by atoms with E-state index in [1.54, 1.807) is 47.0 Å². The Morgan fingerprint density at radius 3 is 1.94 bits per heavy atom. The van der Waals surface area contributed by atoms with Gasteiger partial charge in [-0.2, -0.15) is 0 Å². The molecular formula is C36H36F2N2O7. The summed E-state index contributed by atoms with van der Waals surface area (Å²) in [5.41, 5.74) is 3.73. The number of nitrogens with zero attached hydrogens (tertiary/aromatic N) is 1. The average Bonchev–Trinajstić information content (AvgIpc) is 3.38. The molecular weight excluding hydrogens is 610 g/mol. The number of carboxylic acids is 1. The van der Waals surface area contributed by atoms with Gasteiger partial charge in [-0.1, -0.05) is 42.5 Å². The van der Waals surface area contributed by atoms with Crippen LogP contribution in [-0.4, -0.2) is 57.1 Å². The van der Waals surface area contributed by atoms with E-state index in [2.05, 4.69) is 5.32 Å². The first-order valence-corrected chi connectivity index (χ1v) is 14.9. The molecule has 0 unspecified atom stereocenters. The minimum atomic E-state index is -1.29. The minimum absolute atomic E-state index is 0.101. The second-order valence-electron chi connectivity index (χ2n) is 11.2. The van der Waals surface area contributed by atoms with Gasteiger partial charge in [-0.05, 0) is 73.0 Å². The molecule has 11 heteroatoms. The van der Waals surface area contributed by atoms with Gasteiger partial charge in [0.2, 0.25) is 0 Å². The molecule has 0 spiro atoms. The van der Waals surface area contributed by atoms with Gasteiger partial charge in [0.05, 0.1) is 31.3 Å². The van der Waals surface area contributed by atoms with E-state index in [1.165, 1.54) is 49.6 Å². The molecule has 0 saturated heterocycles. The number of carbonyl (C=O) groups excluding carboxylic acids is 2. The van der Waals surface area contributed by atoms with Crippen LogP contribution in [0.15, 0.2) is 78.9 Å². The molecule has 0 bridgehead atoms. The molecule has 4 N–H and O–H groups in total. The number of amides is 1. The molecule has 47 heavy (non-hydrogen) atoms. The molecule has 3 aromatic carbocycles. The Labute approximate surface area is 270 Å². The molecule has 0 aliphatic rings. The molecule has 1 aromatic heterocycles. The van der Waals surface area contributed by atoms with Crippen LogP contribution in [0.1, 0.15) is 64.8 Å². The first kappa shape index (κ1) is 34.7. The number of benzene rings is 3. The Bertz CT molecular complexity index is 1750. The van der Waals surface area contributed by atoms with Crippen molar-refractivity contribution in [1.29, 1.82) is 0 Å². The largest absolute Gasteiger partial charge is 0.481 e. The number of hydrogen-bond acceptors (Lipinski definition) is 6. The highest BCUT2D eigenvalue weighted by atomic mass is 19.1. The van der Waals surface area contributed by atoms with Crippen molar-refractivity contribution in [3.05, 3.63) is 113 Å². The summed E-state index contributed by atoms with van der Waals surface area (Å²) >= 11 is 0. The molecule has 9 nitrogen and oxygen atoms in total. The first-order chi connectivity index (χ1) is 22.4. The summed E-state index contributed by atoms with van der Waals surface area (Å²) in [5, 5.41) is 32.7. The normalized spacial score (nSPS) is 12.7. The number of aliphatic hydroxyl groups is 2. The number of carbonyl (C=O) groups is 3. The van der Waals surface area contributed by atoms with Gasteiger partial charge in [0.25, 0.3) is 5.91 Å².